The van der Waals surface area contributed by atoms with E-state index in [0.29, 0.717) is 25.2 Å². The Labute approximate surface area is 236 Å². The van der Waals surface area contributed by atoms with Crippen LogP contribution in [0.5, 0.6) is 0 Å². The lowest BCUT2D eigenvalue weighted by atomic mass is 9.92. The van der Waals surface area contributed by atoms with E-state index in [1.165, 1.54) is 34.1 Å². The average Bonchev–Trinajstić information content (AvgIpc) is 2.93. The number of halogens is 3. The highest BCUT2D eigenvalue weighted by Gasteiger charge is 2.33. The molecule has 0 spiro atoms. The average molecular weight is 621 g/mol. The molecule has 2 heterocycles. The predicted octanol–water partition coefficient (Wildman–Crippen LogP) is 5.73. The molecule has 0 saturated carbocycles. The summed E-state index contributed by atoms with van der Waals surface area (Å²) in [6, 6.07) is 16.7. The maximum absolute atomic E-state index is 13.7. The lowest BCUT2D eigenvalue weighted by Gasteiger charge is -2.37. The molecule has 0 aromatic heterocycles. The summed E-state index contributed by atoms with van der Waals surface area (Å²) < 4.78 is 42.9. The van der Waals surface area contributed by atoms with Crippen molar-refractivity contribution in [1.29, 1.82) is 0 Å². The van der Waals surface area contributed by atoms with Gasteiger partial charge in [-0.2, -0.15) is 4.31 Å². The SMILES string of the molecule is CCC1Cc2c(Br)cccc2CN1C(=O)c1ccc(Cl)c(S(=O)(=O)N2CCN(c3ccc(F)cc3)CC2)c1. The highest BCUT2D eigenvalue weighted by Crippen LogP contribution is 2.33. The number of hydrogen-bond acceptors (Lipinski definition) is 4. The molecule has 3 aromatic carbocycles. The molecular weight excluding hydrogens is 593 g/mol. The first-order valence-electron chi connectivity index (χ1n) is 12.6. The van der Waals surface area contributed by atoms with Crippen molar-refractivity contribution in [1.82, 2.24) is 9.21 Å². The third-order valence-corrected chi connectivity index (χ3v) is 10.5. The zero-order chi connectivity index (χ0) is 27.0. The summed E-state index contributed by atoms with van der Waals surface area (Å²) >= 11 is 10.0. The zero-order valence-electron chi connectivity index (χ0n) is 20.9. The van der Waals surface area contributed by atoms with Crippen LogP contribution in [0.15, 0.2) is 70.0 Å². The monoisotopic (exact) mass is 619 g/mol. The molecule has 1 saturated heterocycles. The molecular formula is C28H28BrClFN3O3S. The summed E-state index contributed by atoms with van der Waals surface area (Å²) in [5, 5.41) is 0.0856. The molecule has 1 unspecified atom stereocenters. The molecule has 2 aliphatic rings. The smallest absolute Gasteiger partial charge is 0.254 e. The van der Waals surface area contributed by atoms with Crippen LogP contribution < -0.4 is 4.90 Å². The van der Waals surface area contributed by atoms with E-state index in [-0.39, 0.29) is 40.8 Å². The Bertz CT molecular complexity index is 1460. The molecule has 1 amide bonds. The molecule has 0 aliphatic carbocycles. The Kier molecular flexibility index (Phi) is 7.82. The van der Waals surface area contributed by atoms with Gasteiger partial charge >= 0.3 is 0 Å². The van der Waals surface area contributed by atoms with Crippen molar-refractivity contribution in [3.8, 4) is 0 Å². The van der Waals surface area contributed by atoms with Gasteiger partial charge < -0.3 is 9.80 Å². The number of carbonyl (C=O) groups is 1. The summed E-state index contributed by atoms with van der Waals surface area (Å²) in [4.78, 5) is 17.5. The van der Waals surface area contributed by atoms with Crippen molar-refractivity contribution in [2.45, 2.75) is 37.2 Å². The Hall–Kier alpha value is -2.46. The van der Waals surface area contributed by atoms with Gasteiger partial charge in [0.15, 0.2) is 0 Å². The lowest BCUT2D eigenvalue weighted by Crippen LogP contribution is -2.48. The largest absolute Gasteiger partial charge is 0.369 e. The molecule has 0 radical (unpaired) electrons. The van der Waals surface area contributed by atoms with Crippen molar-refractivity contribution < 1.29 is 17.6 Å². The fourth-order valence-corrected chi connectivity index (χ4v) is 7.71. The van der Waals surface area contributed by atoms with Crippen LogP contribution in [0, 0.1) is 5.82 Å². The molecule has 38 heavy (non-hydrogen) atoms. The van der Waals surface area contributed by atoms with Gasteiger partial charge in [-0.3, -0.25) is 4.79 Å². The van der Waals surface area contributed by atoms with Gasteiger partial charge in [-0.25, -0.2) is 12.8 Å². The van der Waals surface area contributed by atoms with Crippen molar-refractivity contribution in [2.75, 3.05) is 31.1 Å². The summed E-state index contributed by atoms with van der Waals surface area (Å²) in [5.74, 6) is -0.525. The molecule has 1 atom stereocenters. The number of benzene rings is 3. The minimum absolute atomic E-state index is 0.00368. The molecule has 3 aromatic rings. The third kappa shape index (κ3) is 5.21. The Morgan fingerprint density at radius 3 is 2.45 bits per heavy atom. The van der Waals surface area contributed by atoms with Crippen molar-refractivity contribution in [3.05, 3.63) is 92.7 Å². The van der Waals surface area contributed by atoms with E-state index in [2.05, 4.69) is 22.9 Å². The van der Waals surface area contributed by atoms with Crippen molar-refractivity contribution in [3.63, 3.8) is 0 Å². The standard InChI is InChI=1S/C28H28BrClFN3O3S/c1-2-22-17-24-20(4-3-5-25(24)29)18-34(22)28(35)19-6-11-26(30)27(16-19)38(36,37)33-14-12-32(13-15-33)23-9-7-21(31)8-10-23/h3-11,16,22H,2,12-15,17-18H2,1H3. The molecule has 200 valence electrons. The van der Waals surface area contributed by atoms with Gasteiger partial charge in [0.25, 0.3) is 5.91 Å². The van der Waals surface area contributed by atoms with Gasteiger partial charge in [0.2, 0.25) is 10.0 Å². The predicted molar refractivity (Wildman–Crippen MR) is 151 cm³/mol. The van der Waals surface area contributed by atoms with E-state index in [1.807, 2.05) is 28.0 Å². The maximum Gasteiger partial charge on any atom is 0.254 e. The Balaban J connectivity index is 1.36. The number of amides is 1. The number of fused-ring (bicyclic) bond motifs is 1. The molecule has 0 N–H and O–H groups in total. The number of carbonyl (C=O) groups excluding carboxylic acids is 1. The van der Waals surface area contributed by atoms with E-state index in [1.54, 1.807) is 18.2 Å². The van der Waals surface area contributed by atoms with Gasteiger partial charge in [0.05, 0.1) is 5.02 Å². The Morgan fingerprint density at radius 1 is 1.05 bits per heavy atom. The van der Waals surface area contributed by atoms with Crippen LogP contribution in [0.2, 0.25) is 5.02 Å². The molecule has 6 nitrogen and oxygen atoms in total. The summed E-state index contributed by atoms with van der Waals surface area (Å²) in [6.45, 7) is 3.94. The van der Waals surface area contributed by atoms with Crippen LogP contribution in [0.3, 0.4) is 0 Å². The first-order chi connectivity index (χ1) is 18.2. The minimum Gasteiger partial charge on any atom is -0.369 e. The van der Waals surface area contributed by atoms with Gasteiger partial charge in [0.1, 0.15) is 10.7 Å². The number of anilines is 1. The number of rotatable bonds is 5. The quantitative estimate of drug-likeness (QED) is 0.366. The Morgan fingerprint density at radius 2 is 1.76 bits per heavy atom. The second-order valence-corrected chi connectivity index (χ2v) is 12.8. The van der Waals surface area contributed by atoms with Crippen LogP contribution in [0.25, 0.3) is 0 Å². The topological polar surface area (TPSA) is 60.9 Å². The maximum atomic E-state index is 13.7. The minimum atomic E-state index is -3.93. The van der Waals surface area contributed by atoms with Crippen LogP contribution in [-0.2, 0) is 23.0 Å². The van der Waals surface area contributed by atoms with E-state index in [9.17, 15) is 17.6 Å². The fraction of sp³-hybridized carbons (Fsp3) is 0.321. The number of hydrogen-bond donors (Lipinski definition) is 0. The van der Waals surface area contributed by atoms with Gasteiger partial charge in [-0.1, -0.05) is 46.6 Å². The first kappa shape index (κ1) is 27.1. The van der Waals surface area contributed by atoms with Gasteiger partial charge in [-0.15, -0.1) is 0 Å². The van der Waals surface area contributed by atoms with Crippen LogP contribution >= 0.6 is 27.5 Å². The first-order valence-corrected chi connectivity index (χ1v) is 15.2. The number of sulfonamides is 1. The van der Waals surface area contributed by atoms with Crippen LogP contribution in [-0.4, -0.2) is 55.8 Å². The zero-order valence-corrected chi connectivity index (χ0v) is 24.1. The van der Waals surface area contributed by atoms with Crippen molar-refractivity contribution in [2.24, 2.45) is 0 Å². The molecule has 5 rings (SSSR count). The summed E-state index contributed by atoms with van der Waals surface area (Å²) in [7, 11) is -3.93. The second kappa shape index (κ2) is 11.0. The second-order valence-electron chi connectivity index (χ2n) is 9.59. The molecule has 2 aliphatic heterocycles. The van der Waals surface area contributed by atoms with Crippen LogP contribution in [0.4, 0.5) is 10.1 Å². The van der Waals surface area contributed by atoms with E-state index in [4.69, 9.17) is 11.6 Å². The normalized spacial score (nSPS) is 18.4. The molecule has 1 fully saturated rings. The molecule has 10 heteroatoms. The number of nitrogens with zero attached hydrogens (tertiary/aromatic N) is 3. The van der Waals surface area contributed by atoms with E-state index in [0.717, 1.165) is 28.6 Å². The molecule has 0 bridgehead atoms. The van der Waals surface area contributed by atoms with E-state index < -0.39 is 10.0 Å². The highest BCUT2D eigenvalue weighted by molar-refractivity contribution is 9.10. The third-order valence-electron chi connectivity index (χ3n) is 7.40. The fourth-order valence-electron chi connectivity index (χ4n) is 5.22. The summed E-state index contributed by atoms with van der Waals surface area (Å²) in [6.07, 6.45) is 1.51. The summed E-state index contributed by atoms with van der Waals surface area (Å²) in [5.41, 5.74) is 3.44. The lowest BCUT2D eigenvalue weighted by molar-refractivity contribution is 0.0634. The van der Waals surface area contributed by atoms with Crippen LogP contribution in [0.1, 0.15) is 34.8 Å². The highest BCUT2D eigenvalue weighted by atomic mass is 79.9. The van der Waals surface area contributed by atoms with Gasteiger partial charge in [0, 0.05) is 54.5 Å². The van der Waals surface area contributed by atoms with Crippen molar-refractivity contribution >= 4 is 49.1 Å². The van der Waals surface area contributed by atoms with Gasteiger partial charge in [-0.05, 0) is 72.5 Å². The van der Waals surface area contributed by atoms with E-state index >= 15 is 0 Å². The number of piperazine rings is 1.